The standard InChI is InChI=1S/C12H17N3O3/c13-10-6-14-11(5-9(10)12(17)18)15-4-2-1-3-8(15)7-16/h5-6,8,16H,1-4,7,13H2,(H,17,18). The van der Waals surface area contributed by atoms with Crippen LogP contribution in [-0.2, 0) is 0 Å². The fraction of sp³-hybridized carbons (Fsp3) is 0.500. The summed E-state index contributed by atoms with van der Waals surface area (Å²) < 4.78 is 0. The van der Waals surface area contributed by atoms with E-state index in [4.69, 9.17) is 10.8 Å². The Morgan fingerprint density at radius 1 is 1.56 bits per heavy atom. The zero-order valence-electron chi connectivity index (χ0n) is 10.0. The first-order valence-corrected chi connectivity index (χ1v) is 5.99. The summed E-state index contributed by atoms with van der Waals surface area (Å²) in [7, 11) is 0. The molecule has 98 valence electrons. The second kappa shape index (κ2) is 5.22. The van der Waals surface area contributed by atoms with Crippen molar-refractivity contribution in [3.05, 3.63) is 17.8 Å². The zero-order chi connectivity index (χ0) is 13.1. The Morgan fingerprint density at radius 2 is 2.33 bits per heavy atom. The van der Waals surface area contributed by atoms with Crippen LogP contribution in [-0.4, -0.2) is 40.4 Å². The summed E-state index contributed by atoms with van der Waals surface area (Å²) in [5.41, 5.74) is 5.79. The van der Waals surface area contributed by atoms with Crippen LogP contribution in [0.5, 0.6) is 0 Å². The molecule has 1 aliphatic heterocycles. The van der Waals surface area contributed by atoms with Gasteiger partial charge in [-0.2, -0.15) is 0 Å². The molecule has 0 spiro atoms. The quantitative estimate of drug-likeness (QED) is 0.731. The van der Waals surface area contributed by atoms with E-state index in [1.165, 1.54) is 12.3 Å². The second-order valence-corrected chi connectivity index (χ2v) is 4.46. The van der Waals surface area contributed by atoms with Gasteiger partial charge in [-0.3, -0.25) is 0 Å². The smallest absolute Gasteiger partial charge is 0.337 e. The molecule has 1 aliphatic rings. The lowest BCUT2D eigenvalue weighted by Gasteiger charge is -2.35. The van der Waals surface area contributed by atoms with Crippen LogP contribution in [0.1, 0.15) is 29.6 Å². The zero-order valence-corrected chi connectivity index (χ0v) is 10.0. The van der Waals surface area contributed by atoms with Crippen molar-refractivity contribution in [2.75, 3.05) is 23.8 Å². The Bertz CT molecular complexity index is 450. The first-order chi connectivity index (χ1) is 8.63. The molecule has 0 bridgehead atoms. The van der Waals surface area contributed by atoms with E-state index in [0.29, 0.717) is 5.82 Å². The van der Waals surface area contributed by atoms with Gasteiger partial charge in [0.1, 0.15) is 5.82 Å². The first kappa shape index (κ1) is 12.6. The van der Waals surface area contributed by atoms with Crippen LogP contribution in [0.15, 0.2) is 12.3 Å². The normalized spacial score (nSPS) is 19.8. The number of pyridine rings is 1. The topological polar surface area (TPSA) is 99.7 Å². The third-order valence-corrected chi connectivity index (χ3v) is 3.28. The number of nitrogens with two attached hydrogens (primary N) is 1. The molecular formula is C12H17N3O3. The van der Waals surface area contributed by atoms with E-state index in [0.717, 1.165) is 25.8 Å². The highest BCUT2D eigenvalue weighted by atomic mass is 16.4. The lowest BCUT2D eigenvalue weighted by molar-refractivity contribution is 0.0698. The van der Waals surface area contributed by atoms with Gasteiger partial charge in [0.25, 0.3) is 0 Å². The molecular weight excluding hydrogens is 234 g/mol. The van der Waals surface area contributed by atoms with E-state index in [2.05, 4.69) is 4.98 Å². The summed E-state index contributed by atoms with van der Waals surface area (Å²) in [4.78, 5) is 17.2. The highest BCUT2D eigenvalue weighted by Crippen LogP contribution is 2.25. The number of piperidine rings is 1. The Morgan fingerprint density at radius 3 is 3.00 bits per heavy atom. The van der Waals surface area contributed by atoms with Gasteiger partial charge in [-0.1, -0.05) is 0 Å². The van der Waals surface area contributed by atoms with Crippen LogP contribution in [0.25, 0.3) is 0 Å². The number of aliphatic hydroxyl groups is 1. The number of anilines is 2. The molecule has 1 unspecified atom stereocenters. The Labute approximate surface area is 105 Å². The van der Waals surface area contributed by atoms with Gasteiger partial charge in [0.05, 0.1) is 30.1 Å². The number of rotatable bonds is 3. The molecule has 0 saturated carbocycles. The van der Waals surface area contributed by atoms with Gasteiger partial charge in [0.2, 0.25) is 0 Å². The monoisotopic (exact) mass is 251 g/mol. The van der Waals surface area contributed by atoms with E-state index >= 15 is 0 Å². The maximum absolute atomic E-state index is 11.0. The van der Waals surface area contributed by atoms with Crippen LogP contribution in [0, 0.1) is 0 Å². The minimum absolute atomic E-state index is 0.0107. The van der Waals surface area contributed by atoms with Crippen LogP contribution in [0.3, 0.4) is 0 Å². The fourth-order valence-corrected chi connectivity index (χ4v) is 2.29. The van der Waals surface area contributed by atoms with Gasteiger partial charge < -0.3 is 20.8 Å². The summed E-state index contributed by atoms with van der Waals surface area (Å²) in [6.07, 6.45) is 4.35. The van der Waals surface area contributed by atoms with E-state index in [1.807, 2.05) is 4.90 Å². The molecule has 1 saturated heterocycles. The molecule has 6 nitrogen and oxygen atoms in total. The summed E-state index contributed by atoms with van der Waals surface area (Å²) in [5, 5.41) is 18.4. The SMILES string of the molecule is Nc1cnc(N2CCCCC2CO)cc1C(=O)O. The highest BCUT2D eigenvalue weighted by Gasteiger charge is 2.24. The summed E-state index contributed by atoms with van der Waals surface area (Å²) in [6.45, 7) is 0.829. The average molecular weight is 251 g/mol. The van der Waals surface area contributed by atoms with Gasteiger partial charge in [0, 0.05) is 6.54 Å². The van der Waals surface area contributed by atoms with Gasteiger partial charge in [-0.15, -0.1) is 0 Å². The Kier molecular flexibility index (Phi) is 3.66. The Balaban J connectivity index is 2.32. The number of nitrogens with zero attached hydrogens (tertiary/aromatic N) is 2. The van der Waals surface area contributed by atoms with Crippen molar-refractivity contribution in [1.29, 1.82) is 0 Å². The van der Waals surface area contributed by atoms with Gasteiger partial charge in [-0.05, 0) is 25.3 Å². The summed E-state index contributed by atoms with van der Waals surface area (Å²) in [6, 6.07) is 1.49. The molecule has 2 heterocycles. The molecule has 0 amide bonds. The fourth-order valence-electron chi connectivity index (χ4n) is 2.29. The van der Waals surface area contributed by atoms with Crippen LogP contribution < -0.4 is 10.6 Å². The lowest BCUT2D eigenvalue weighted by atomic mass is 10.0. The van der Waals surface area contributed by atoms with Gasteiger partial charge in [0.15, 0.2) is 0 Å². The van der Waals surface area contributed by atoms with Crippen molar-refractivity contribution in [3.63, 3.8) is 0 Å². The largest absolute Gasteiger partial charge is 0.478 e. The summed E-state index contributed by atoms with van der Waals surface area (Å²) >= 11 is 0. The van der Waals surface area contributed by atoms with E-state index in [9.17, 15) is 9.90 Å². The molecule has 2 rings (SSSR count). The minimum atomic E-state index is -1.06. The third-order valence-electron chi connectivity index (χ3n) is 3.28. The molecule has 0 radical (unpaired) electrons. The van der Waals surface area contributed by atoms with Crippen molar-refractivity contribution in [3.8, 4) is 0 Å². The highest BCUT2D eigenvalue weighted by molar-refractivity contribution is 5.94. The second-order valence-electron chi connectivity index (χ2n) is 4.46. The number of aromatic carboxylic acids is 1. The average Bonchev–Trinajstić information content (AvgIpc) is 2.39. The number of aromatic nitrogens is 1. The van der Waals surface area contributed by atoms with Crippen molar-refractivity contribution in [2.45, 2.75) is 25.3 Å². The predicted molar refractivity (Wildman–Crippen MR) is 67.7 cm³/mol. The van der Waals surface area contributed by atoms with E-state index in [1.54, 1.807) is 0 Å². The molecule has 18 heavy (non-hydrogen) atoms. The maximum Gasteiger partial charge on any atom is 0.337 e. The number of aliphatic hydroxyl groups excluding tert-OH is 1. The molecule has 1 aromatic rings. The molecule has 4 N–H and O–H groups in total. The maximum atomic E-state index is 11.0. The van der Waals surface area contributed by atoms with Gasteiger partial charge in [-0.25, -0.2) is 9.78 Å². The van der Waals surface area contributed by atoms with E-state index < -0.39 is 5.97 Å². The minimum Gasteiger partial charge on any atom is -0.478 e. The number of carboxylic acids is 1. The molecule has 0 aromatic carbocycles. The van der Waals surface area contributed by atoms with Crippen molar-refractivity contribution >= 4 is 17.5 Å². The van der Waals surface area contributed by atoms with Crippen LogP contribution >= 0.6 is 0 Å². The van der Waals surface area contributed by atoms with Crippen LogP contribution in [0.2, 0.25) is 0 Å². The van der Waals surface area contributed by atoms with Crippen LogP contribution in [0.4, 0.5) is 11.5 Å². The van der Waals surface area contributed by atoms with Crippen molar-refractivity contribution < 1.29 is 15.0 Å². The van der Waals surface area contributed by atoms with Crippen molar-refractivity contribution in [1.82, 2.24) is 4.98 Å². The number of hydrogen-bond donors (Lipinski definition) is 3. The molecule has 0 aliphatic carbocycles. The number of nitrogen functional groups attached to an aromatic ring is 1. The molecule has 1 aromatic heterocycles. The van der Waals surface area contributed by atoms with Gasteiger partial charge >= 0.3 is 5.97 Å². The third kappa shape index (κ3) is 2.38. The predicted octanol–water partition coefficient (Wildman–Crippen LogP) is 0.713. The number of hydrogen-bond acceptors (Lipinski definition) is 5. The number of carbonyl (C=O) groups is 1. The van der Waals surface area contributed by atoms with E-state index in [-0.39, 0.29) is 23.9 Å². The molecule has 1 atom stereocenters. The Hall–Kier alpha value is -1.82. The lowest BCUT2D eigenvalue weighted by Crippen LogP contribution is -2.42. The molecule has 6 heteroatoms. The van der Waals surface area contributed by atoms with Crippen molar-refractivity contribution in [2.24, 2.45) is 0 Å². The molecule has 1 fully saturated rings. The number of carboxylic acid groups (broad SMARTS) is 1. The first-order valence-electron chi connectivity index (χ1n) is 5.99. The summed E-state index contributed by atoms with van der Waals surface area (Å²) in [5.74, 6) is -0.492.